The Hall–Kier alpha value is -1.02. The van der Waals surface area contributed by atoms with Crippen LogP contribution in [0.3, 0.4) is 0 Å². The first-order valence-electron chi connectivity index (χ1n) is 6.84. The van der Waals surface area contributed by atoms with Crippen molar-refractivity contribution in [2.75, 3.05) is 27.3 Å². The minimum atomic E-state index is 0. The van der Waals surface area contributed by atoms with Crippen molar-refractivity contribution in [3.8, 4) is 5.75 Å². The molecule has 0 saturated carbocycles. The molecule has 0 aliphatic carbocycles. The van der Waals surface area contributed by atoms with Gasteiger partial charge in [0.2, 0.25) is 0 Å². The van der Waals surface area contributed by atoms with E-state index in [1.54, 1.807) is 14.2 Å². The molecule has 0 unspecified atom stereocenters. The van der Waals surface area contributed by atoms with E-state index in [1.165, 1.54) is 0 Å². The number of aliphatic imine (C=N–C) groups is 1. The summed E-state index contributed by atoms with van der Waals surface area (Å²) in [5, 5.41) is 6.42. The molecule has 0 fully saturated rings. The average molecular weight is 407 g/mol. The van der Waals surface area contributed by atoms with Gasteiger partial charge < -0.3 is 20.1 Å². The molecule has 6 heteroatoms. The Kier molecular flexibility index (Phi) is 11.1. The smallest absolute Gasteiger partial charge is 0.191 e. The molecule has 21 heavy (non-hydrogen) atoms. The van der Waals surface area contributed by atoms with Gasteiger partial charge in [0.1, 0.15) is 5.75 Å². The van der Waals surface area contributed by atoms with Gasteiger partial charge >= 0.3 is 0 Å². The summed E-state index contributed by atoms with van der Waals surface area (Å²) in [6.07, 6.45) is 0.182. The number of nitrogens with zero attached hydrogens (tertiary/aromatic N) is 1. The largest absolute Gasteiger partial charge is 0.491 e. The SMILES string of the molecule is CN=C(NCCOC)NCc1cccc(OC(C)C)c1.I. The summed E-state index contributed by atoms with van der Waals surface area (Å²) < 4.78 is 10.7. The Balaban J connectivity index is 0.00000400. The van der Waals surface area contributed by atoms with E-state index in [1.807, 2.05) is 32.0 Å². The van der Waals surface area contributed by atoms with Crippen molar-refractivity contribution in [3.63, 3.8) is 0 Å². The predicted octanol–water partition coefficient (Wildman–Crippen LogP) is 2.40. The molecule has 120 valence electrons. The van der Waals surface area contributed by atoms with Crippen LogP contribution in [0, 0.1) is 0 Å². The lowest BCUT2D eigenvalue weighted by Gasteiger charge is -2.13. The third-order valence-electron chi connectivity index (χ3n) is 2.55. The summed E-state index contributed by atoms with van der Waals surface area (Å²) in [7, 11) is 3.43. The number of hydrogen-bond donors (Lipinski definition) is 2. The fourth-order valence-electron chi connectivity index (χ4n) is 1.68. The molecular formula is C15H26IN3O2. The molecule has 0 spiro atoms. The number of halogens is 1. The fraction of sp³-hybridized carbons (Fsp3) is 0.533. The molecular weight excluding hydrogens is 381 g/mol. The predicted molar refractivity (Wildman–Crippen MR) is 97.7 cm³/mol. The third-order valence-corrected chi connectivity index (χ3v) is 2.55. The van der Waals surface area contributed by atoms with E-state index in [9.17, 15) is 0 Å². The van der Waals surface area contributed by atoms with E-state index in [0.29, 0.717) is 13.2 Å². The van der Waals surface area contributed by atoms with Crippen LogP contribution in [0.1, 0.15) is 19.4 Å². The van der Waals surface area contributed by atoms with Gasteiger partial charge in [0.25, 0.3) is 0 Å². The maximum Gasteiger partial charge on any atom is 0.191 e. The number of methoxy groups -OCH3 is 1. The second-order valence-corrected chi connectivity index (χ2v) is 4.66. The first-order valence-corrected chi connectivity index (χ1v) is 6.84. The highest BCUT2D eigenvalue weighted by Crippen LogP contribution is 2.14. The Labute approximate surface area is 144 Å². The fourth-order valence-corrected chi connectivity index (χ4v) is 1.68. The van der Waals surface area contributed by atoms with E-state index < -0.39 is 0 Å². The van der Waals surface area contributed by atoms with Gasteiger partial charge in [0, 0.05) is 27.2 Å². The van der Waals surface area contributed by atoms with Crippen LogP contribution in [-0.4, -0.2) is 39.4 Å². The van der Waals surface area contributed by atoms with E-state index >= 15 is 0 Å². The molecule has 0 radical (unpaired) electrons. The maximum absolute atomic E-state index is 5.68. The zero-order valence-electron chi connectivity index (χ0n) is 13.2. The summed E-state index contributed by atoms with van der Waals surface area (Å²) in [5.74, 6) is 1.65. The van der Waals surface area contributed by atoms with Crippen molar-refractivity contribution in [2.24, 2.45) is 4.99 Å². The van der Waals surface area contributed by atoms with Gasteiger partial charge in [-0.25, -0.2) is 0 Å². The number of guanidine groups is 1. The highest BCUT2D eigenvalue weighted by atomic mass is 127. The normalized spacial score (nSPS) is 11.0. The van der Waals surface area contributed by atoms with Crippen molar-refractivity contribution in [1.82, 2.24) is 10.6 Å². The minimum Gasteiger partial charge on any atom is -0.491 e. The van der Waals surface area contributed by atoms with Crippen LogP contribution in [0.2, 0.25) is 0 Å². The molecule has 1 rings (SSSR count). The van der Waals surface area contributed by atoms with Crippen molar-refractivity contribution >= 4 is 29.9 Å². The average Bonchev–Trinajstić information content (AvgIpc) is 2.42. The summed E-state index contributed by atoms with van der Waals surface area (Å²) in [4.78, 5) is 4.15. The first-order chi connectivity index (χ1) is 9.65. The number of hydrogen-bond acceptors (Lipinski definition) is 3. The van der Waals surface area contributed by atoms with Gasteiger partial charge in [-0.15, -0.1) is 24.0 Å². The van der Waals surface area contributed by atoms with Crippen LogP contribution in [0.15, 0.2) is 29.3 Å². The van der Waals surface area contributed by atoms with E-state index in [0.717, 1.165) is 23.8 Å². The monoisotopic (exact) mass is 407 g/mol. The lowest BCUT2D eigenvalue weighted by molar-refractivity contribution is 0.203. The lowest BCUT2D eigenvalue weighted by Crippen LogP contribution is -2.38. The highest BCUT2D eigenvalue weighted by Gasteiger charge is 2.01. The van der Waals surface area contributed by atoms with Crippen molar-refractivity contribution < 1.29 is 9.47 Å². The van der Waals surface area contributed by atoms with Crippen LogP contribution in [-0.2, 0) is 11.3 Å². The van der Waals surface area contributed by atoms with Crippen LogP contribution < -0.4 is 15.4 Å². The van der Waals surface area contributed by atoms with Gasteiger partial charge in [0.15, 0.2) is 5.96 Å². The lowest BCUT2D eigenvalue weighted by atomic mass is 10.2. The summed E-state index contributed by atoms with van der Waals surface area (Å²) in [5.41, 5.74) is 1.15. The van der Waals surface area contributed by atoms with Crippen LogP contribution in [0.4, 0.5) is 0 Å². The molecule has 0 heterocycles. The number of rotatable bonds is 7. The van der Waals surface area contributed by atoms with Gasteiger partial charge in [-0.3, -0.25) is 4.99 Å². The molecule has 0 aliphatic heterocycles. The molecule has 2 N–H and O–H groups in total. The Bertz CT molecular complexity index is 425. The summed E-state index contributed by atoms with van der Waals surface area (Å²) in [6, 6.07) is 8.06. The molecule has 5 nitrogen and oxygen atoms in total. The van der Waals surface area contributed by atoms with E-state index in [2.05, 4.69) is 21.7 Å². The van der Waals surface area contributed by atoms with Crippen molar-refractivity contribution in [2.45, 2.75) is 26.5 Å². The number of ether oxygens (including phenoxy) is 2. The highest BCUT2D eigenvalue weighted by molar-refractivity contribution is 14.0. The topological polar surface area (TPSA) is 54.9 Å². The molecule has 1 aromatic rings. The zero-order valence-corrected chi connectivity index (χ0v) is 15.5. The third kappa shape index (κ3) is 8.77. The Morgan fingerprint density at radius 2 is 2.05 bits per heavy atom. The Morgan fingerprint density at radius 3 is 2.67 bits per heavy atom. The van der Waals surface area contributed by atoms with Gasteiger partial charge in [-0.1, -0.05) is 12.1 Å². The molecule has 0 atom stereocenters. The number of benzene rings is 1. The van der Waals surface area contributed by atoms with E-state index in [4.69, 9.17) is 9.47 Å². The summed E-state index contributed by atoms with van der Waals surface area (Å²) >= 11 is 0. The molecule has 0 saturated heterocycles. The molecule has 0 bridgehead atoms. The minimum absolute atomic E-state index is 0. The zero-order chi connectivity index (χ0) is 14.8. The van der Waals surface area contributed by atoms with E-state index in [-0.39, 0.29) is 30.1 Å². The van der Waals surface area contributed by atoms with Gasteiger partial charge in [-0.2, -0.15) is 0 Å². The van der Waals surface area contributed by atoms with Crippen molar-refractivity contribution in [1.29, 1.82) is 0 Å². The summed E-state index contributed by atoms with van der Waals surface area (Å²) in [6.45, 7) is 6.12. The first kappa shape index (κ1) is 20.0. The van der Waals surface area contributed by atoms with Gasteiger partial charge in [0.05, 0.1) is 12.7 Å². The molecule has 0 aromatic heterocycles. The van der Waals surface area contributed by atoms with Crippen LogP contribution in [0.5, 0.6) is 5.75 Å². The van der Waals surface area contributed by atoms with Crippen LogP contribution in [0.25, 0.3) is 0 Å². The maximum atomic E-state index is 5.68. The second-order valence-electron chi connectivity index (χ2n) is 4.66. The van der Waals surface area contributed by atoms with Gasteiger partial charge in [-0.05, 0) is 31.5 Å². The molecule has 0 amide bonds. The molecule has 0 aliphatic rings. The molecule has 1 aromatic carbocycles. The second kappa shape index (κ2) is 11.6. The van der Waals surface area contributed by atoms with Crippen LogP contribution >= 0.6 is 24.0 Å². The Morgan fingerprint density at radius 1 is 1.29 bits per heavy atom. The standard InChI is InChI=1S/C15H25N3O2.HI/c1-12(2)20-14-7-5-6-13(10-14)11-18-15(16-3)17-8-9-19-4;/h5-7,10,12H,8-9,11H2,1-4H3,(H2,16,17,18);1H. The quantitative estimate of drug-likeness (QED) is 0.316. The number of nitrogens with one attached hydrogen (secondary N) is 2. The van der Waals surface area contributed by atoms with Crippen molar-refractivity contribution in [3.05, 3.63) is 29.8 Å².